The molecule has 3 aromatic rings. The van der Waals surface area contributed by atoms with Gasteiger partial charge in [0.15, 0.2) is 6.29 Å². The summed E-state index contributed by atoms with van der Waals surface area (Å²) in [4.78, 5) is 0.202. The van der Waals surface area contributed by atoms with Gasteiger partial charge in [-0.2, -0.15) is 0 Å². The molecule has 0 aliphatic carbocycles. The van der Waals surface area contributed by atoms with Crippen LogP contribution in [0.15, 0.2) is 65.7 Å². The minimum absolute atomic E-state index is 0.135. The van der Waals surface area contributed by atoms with Crippen LogP contribution in [0.2, 0.25) is 0 Å². The highest BCUT2D eigenvalue weighted by Gasteiger charge is 2.36. The number of aromatic nitrogens is 1. The fraction of sp³-hybridized carbons (Fsp3) is 0.364. The minimum Gasteiger partial charge on any atom is -0.394 e. The zero-order chi connectivity index (χ0) is 22.0. The van der Waals surface area contributed by atoms with Crippen LogP contribution in [0.5, 0.6) is 0 Å². The lowest BCUT2D eigenvalue weighted by Gasteiger charge is -2.35. The lowest BCUT2D eigenvalue weighted by molar-refractivity contribution is -0.261. The van der Waals surface area contributed by atoms with E-state index in [9.17, 15) is 18.6 Å². The molecule has 9 heteroatoms. The zero-order valence-corrected chi connectivity index (χ0v) is 17.6. The normalized spacial score (nSPS) is 24.5. The Morgan fingerprint density at radius 3 is 2.52 bits per heavy atom. The molecule has 166 valence electrons. The van der Waals surface area contributed by atoms with Crippen molar-refractivity contribution in [1.29, 1.82) is 0 Å². The van der Waals surface area contributed by atoms with Crippen LogP contribution < -0.4 is 0 Å². The number of benzene rings is 2. The Labute approximate surface area is 180 Å². The summed E-state index contributed by atoms with van der Waals surface area (Å²) in [6, 6.07) is 15.5. The zero-order valence-electron chi connectivity index (χ0n) is 16.7. The van der Waals surface area contributed by atoms with Crippen LogP contribution in [0.4, 0.5) is 0 Å². The van der Waals surface area contributed by atoms with E-state index in [1.54, 1.807) is 48.7 Å². The van der Waals surface area contributed by atoms with Gasteiger partial charge in [-0.1, -0.05) is 36.4 Å². The predicted octanol–water partition coefficient (Wildman–Crippen LogP) is 1.27. The van der Waals surface area contributed by atoms with Crippen molar-refractivity contribution in [1.82, 2.24) is 3.97 Å². The van der Waals surface area contributed by atoms with Crippen molar-refractivity contribution >= 4 is 20.9 Å². The first-order valence-electron chi connectivity index (χ1n) is 10.1. The van der Waals surface area contributed by atoms with E-state index in [2.05, 4.69) is 0 Å². The number of nitrogens with zero attached hydrogens (tertiary/aromatic N) is 1. The van der Waals surface area contributed by atoms with E-state index in [0.717, 1.165) is 10.9 Å². The van der Waals surface area contributed by atoms with Gasteiger partial charge in [-0.3, -0.25) is 0 Å². The molecule has 4 atom stereocenters. The van der Waals surface area contributed by atoms with Crippen LogP contribution in [0.1, 0.15) is 12.0 Å². The number of hydrogen-bond acceptors (Lipinski definition) is 7. The molecule has 1 aliphatic rings. The molecule has 0 unspecified atom stereocenters. The van der Waals surface area contributed by atoms with Crippen LogP contribution in [-0.4, -0.2) is 65.5 Å². The van der Waals surface area contributed by atoms with Gasteiger partial charge in [0.25, 0.3) is 10.0 Å². The van der Waals surface area contributed by atoms with Crippen molar-refractivity contribution in [2.24, 2.45) is 0 Å². The highest BCUT2D eigenvalue weighted by atomic mass is 32.2. The minimum atomic E-state index is -3.76. The van der Waals surface area contributed by atoms with E-state index in [1.165, 1.54) is 3.97 Å². The SMILES string of the molecule is O=S(=O)(c1ccccc1)n1cc(CCO[C@@H]2C[C@@H](O)[C@@H](CO)O[C@H]2O)c2ccccc21. The average molecular weight is 448 g/mol. The largest absolute Gasteiger partial charge is 0.394 e. The maximum atomic E-state index is 13.2. The third-order valence-corrected chi connectivity index (χ3v) is 7.17. The first kappa shape index (κ1) is 21.9. The molecule has 0 spiro atoms. The average Bonchev–Trinajstić information content (AvgIpc) is 3.16. The van der Waals surface area contributed by atoms with Crippen molar-refractivity contribution in [2.75, 3.05) is 13.2 Å². The molecule has 8 nitrogen and oxygen atoms in total. The fourth-order valence-corrected chi connectivity index (χ4v) is 5.23. The Kier molecular flexibility index (Phi) is 6.42. The lowest BCUT2D eigenvalue weighted by atomic mass is 10.0. The first-order chi connectivity index (χ1) is 14.9. The molecule has 0 radical (unpaired) electrons. The maximum absolute atomic E-state index is 13.2. The van der Waals surface area contributed by atoms with E-state index < -0.39 is 34.6 Å². The molecule has 3 N–H and O–H groups in total. The second-order valence-corrected chi connectivity index (χ2v) is 9.31. The monoisotopic (exact) mass is 447 g/mol. The molecule has 2 heterocycles. The van der Waals surface area contributed by atoms with Gasteiger partial charge in [-0.15, -0.1) is 0 Å². The third kappa shape index (κ3) is 4.38. The van der Waals surface area contributed by atoms with Crippen LogP contribution in [0, 0.1) is 0 Å². The van der Waals surface area contributed by atoms with Crippen LogP contribution in [-0.2, 0) is 25.9 Å². The summed E-state index contributed by atoms with van der Waals surface area (Å²) in [5, 5.41) is 30.0. The Morgan fingerprint density at radius 2 is 1.77 bits per heavy atom. The number of aliphatic hydroxyl groups excluding tert-OH is 3. The van der Waals surface area contributed by atoms with Crippen molar-refractivity contribution in [2.45, 2.75) is 42.3 Å². The van der Waals surface area contributed by atoms with E-state index in [-0.39, 0.29) is 24.5 Å². The van der Waals surface area contributed by atoms with Gasteiger partial charge in [0.05, 0.1) is 29.7 Å². The molecule has 0 amide bonds. The molecular formula is C22H25NO7S. The topological polar surface area (TPSA) is 118 Å². The first-order valence-corrected chi connectivity index (χ1v) is 11.5. The highest BCUT2D eigenvalue weighted by Crippen LogP contribution is 2.27. The smallest absolute Gasteiger partial charge is 0.268 e. The van der Waals surface area contributed by atoms with E-state index in [0.29, 0.717) is 11.9 Å². The van der Waals surface area contributed by atoms with Gasteiger partial charge in [-0.25, -0.2) is 12.4 Å². The van der Waals surface area contributed by atoms with Crippen molar-refractivity contribution in [3.05, 3.63) is 66.4 Å². The molecule has 2 aromatic carbocycles. The Hall–Kier alpha value is -2.27. The summed E-state index contributed by atoms with van der Waals surface area (Å²) in [5.74, 6) is 0. The van der Waals surface area contributed by atoms with E-state index in [1.807, 2.05) is 12.1 Å². The summed E-state index contributed by atoms with van der Waals surface area (Å²) in [7, 11) is -3.76. The number of fused-ring (bicyclic) bond motifs is 1. The Bertz CT molecular complexity index is 1130. The number of para-hydroxylation sites is 1. The molecule has 0 saturated carbocycles. The van der Waals surface area contributed by atoms with Gasteiger partial charge in [0.2, 0.25) is 0 Å². The molecule has 0 bridgehead atoms. The van der Waals surface area contributed by atoms with Crippen LogP contribution >= 0.6 is 0 Å². The van der Waals surface area contributed by atoms with Crippen LogP contribution in [0.25, 0.3) is 10.9 Å². The Morgan fingerprint density at radius 1 is 1.06 bits per heavy atom. The molecule has 4 rings (SSSR count). The standard InChI is InChI=1S/C22H25NO7S/c24-14-21-19(25)12-20(22(26)30-21)29-11-10-15-13-23(18-9-5-4-8-17(15)18)31(27,28)16-6-2-1-3-7-16/h1-9,13,19-22,24-26H,10-12,14H2/t19-,20-,21-,22-/m1/s1. The molecule has 1 saturated heterocycles. The summed E-state index contributed by atoms with van der Waals surface area (Å²) >= 11 is 0. The summed E-state index contributed by atoms with van der Waals surface area (Å²) in [6.45, 7) is -0.193. The number of hydrogen-bond donors (Lipinski definition) is 3. The molecule has 1 fully saturated rings. The second-order valence-electron chi connectivity index (χ2n) is 7.50. The fourth-order valence-electron chi connectivity index (χ4n) is 3.82. The number of ether oxygens (including phenoxy) is 2. The van der Waals surface area contributed by atoms with Gasteiger partial charge in [-0.05, 0) is 30.2 Å². The highest BCUT2D eigenvalue weighted by molar-refractivity contribution is 7.90. The summed E-state index contributed by atoms with van der Waals surface area (Å²) in [5.41, 5.74) is 1.36. The quantitative estimate of drug-likeness (QED) is 0.499. The second kappa shape index (κ2) is 9.07. The van der Waals surface area contributed by atoms with Gasteiger partial charge in [0.1, 0.15) is 12.2 Å². The lowest BCUT2D eigenvalue weighted by Crippen LogP contribution is -2.49. The summed E-state index contributed by atoms with van der Waals surface area (Å²) < 4.78 is 38.5. The van der Waals surface area contributed by atoms with Crippen molar-refractivity contribution in [3.8, 4) is 0 Å². The van der Waals surface area contributed by atoms with Crippen LogP contribution in [0.3, 0.4) is 0 Å². The number of aliphatic hydroxyl groups is 3. The molecule has 31 heavy (non-hydrogen) atoms. The Balaban J connectivity index is 1.53. The number of rotatable bonds is 7. The van der Waals surface area contributed by atoms with Crippen molar-refractivity contribution < 1.29 is 33.2 Å². The summed E-state index contributed by atoms with van der Waals surface area (Å²) in [6.07, 6.45) is -1.62. The van der Waals surface area contributed by atoms with Gasteiger partial charge < -0.3 is 24.8 Å². The molecule has 1 aliphatic heterocycles. The van der Waals surface area contributed by atoms with Gasteiger partial charge in [0, 0.05) is 18.0 Å². The maximum Gasteiger partial charge on any atom is 0.268 e. The van der Waals surface area contributed by atoms with E-state index >= 15 is 0 Å². The molecular weight excluding hydrogens is 422 g/mol. The van der Waals surface area contributed by atoms with E-state index in [4.69, 9.17) is 14.6 Å². The van der Waals surface area contributed by atoms with Crippen molar-refractivity contribution in [3.63, 3.8) is 0 Å². The third-order valence-electron chi connectivity index (χ3n) is 5.48. The predicted molar refractivity (Wildman–Crippen MR) is 113 cm³/mol. The van der Waals surface area contributed by atoms with Gasteiger partial charge >= 0.3 is 0 Å². The molecule has 1 aromatic heterocycles.